The van der Waals surface area contributed by atoms with Gasteiger partial charge in [0.2, 0.25) is 11.7 Å². The Labute approximate surface area is 132 Å². The number of aromatic nitrogens is 2. The Balaban J connectivity index is 2.01. The predicted molar refractivity (Wildman–Crippen MR) is 80.9 cm³/mol. The Bertz CT molecular complexity index is 658. The first-order valence-corrected chi connectivity index (χ1v) is 7.31. The highest BCUT2D eigenvalue weighted by atomic mass is 19.1. The summed E-state index contributed by atoms with van der Waals surface area (Å²) < 4.78 is 18.3. The molecule has 0 saturated heterocycles. The van der Waals surface area contributed by atoms with Crippen molar-refractivity contribution in [2.24, 2.45) is 0 Å². The topological polar surface area (TPSA) is 100 Å². The highest BCUT2D eigenvalue weighted by Gasteiger charge is 2.18. The van der Waals surface area contributed by atoms with Gasteiger partial charge in [0, 0.05) is 5.56 Å². The lowest BCUT2D eigenvalue weighted by molar-refractivity contribution is 0.210. The maximum absolute atomic E-state index is 13.2. The Morgan fingerprint density at radius 3 is 2.87 bits per heavy atom. The van der Waals surface area contributed by atoms with Gasteiger partial charge in [-0.1, -0.05) is 24.2 Å². The summed E-state index contributed by atoms with van der Waals surface area (Å²) in [5.41, 5.74) is 0.489. The van der Waals surface area contributed by atoms with E-state index >= 15 is 0 Å². The number of aliphatic hydroxyl groups is 1. The summed E-state index contributed by atoms with van der Waals surface area (Å²) >= 11 is 0. The molecule has 23 heavy (non-hydrogen) atoms. The van der Waals surface area contributed by atoms with Gasteiger partial charge in [-0.3, -0.25) is 0 Å². The quantitative estimate of drug-likeness (QED) is 0.755. The second-order valence-electron chi connectivity index (χ2n) is 5.09. The molecule has 0 bridgehead atoms. The summed E-state index contributed by atoms with van der Waals surface area (Å²) in [5.74, 6) is 0.0563. The first-order chi connectivity index (χ1) is 11.0. The number of rotatable bonds is 6. The van der Waals surface area contributed by atoms with E-state index in [1.165, 1.54) is 12.1 Å². The van der Waals surface area contributed by atoms with E-state index in [1.807, 2.05) is 6.92 Å². The lowest BCUT2D eigenvalue weighted by Crippen LogP contribution is -2.44. The van der Waals surface area contributed by atoms with Gasteiger partial charge in [-0.05, 0) is 25.5 Å². The molecular formula is C15H19FN4O3. The van der Waals surface area contributed by atoms with Crippen LogP contribution in [0.15, 0.2) is 28.8 Å². The Morgan fingerprint density at radius 1 is 1.43 bits per heavy atom. The monoisotopic (exact) mass is 322 g/mol. The molecule has 2 atom stereocenters. The van der Waals surface area contributed by atoms with Crippen molar-refractivity contribution in [1.29, 1.82) is 0 Å². The fourth-order valence-electron chi connectivity index (χ4n) is 1.92. The van der Waals surface area contributed by atoms with E-state index in [-0.39, 0.29) is 24.4 Å². The van der Waals surface area contributed by atoms with E-state index < -0.39 is 17.9 Å². The van der Waals surface area contributed by atoms with Crippen molar-refractivity contribution >= 4 is 6.03 Å². The third-order valence-electron chi connectivity index (χ3n) is 3.29. The minimum absolute atomic E-state index is 0.136. The standard InChI is InChI=1S/C15H19FN4O3/c1-3-12(8-21)18-15(22)17-9(2)14-19-13(20-23-14)10-5-4-6-11(16)7-10/h4-7,9,12,21H,3,8H2,1-2H3,(H2,17,18,22). The van der Waals surface area contributed by atoms with Crippen molar-refractivity contribution in [3.05, 3.63) is 36.0 Å². The number of nitrogens with zero attached hydrogens (tertiary/aromatic N) is 2. The lowest BCUT2D eigenvalue weighted by Gasteiger charge is -2.16. The van der Waals surface area contributed by atoms with Crippen LogP contribution >= 0.6 is 0 Å². The Kier molecular flexibility index (Phi) is 5.64. The highest BCUT2D eigenvalue weighted by molar-refractivity contribution is 5.74. The molecule has 1 aromatic carbocycles. The van der Waals surface area contributed by atoms with Crippen LogP contribution in [0.1, 0.15) is 32.2 Å². The highest BCUT2D eigenvalue weighted by Crippen LogP contribution is 2.19. The first kappa shape index (κ1) is 16.9. The molecule has 3 N–H and O–H groups in total. The van der Waals surface area contributed by atoms with Gasteiger partial charge in [-0.2, -0.15) is 4.98 Å². The zero-order chi connectivity index (χ0) is 16.8. The van der Waals surface area contributed by atoms with E-state index in [4.69, 9.17) is 9.63 Å². The van der Waals surface area contributed by atoms with Gasteiger partial charge in [0.05, 0.1) is 12.6 Å². The van der Waals surface area contributed by atoms with Crippen LogP contribution in [0.2, 0.25) is 0 Å². The van der Waals surface area contributed by atoms with E-state index in [0.717, 1.165) is 0 Å². The minimum Gasteiger partial charge on any atom is -0.394 e. The maximum Gasteiger partial charge on any atom is 0.315 e. The molecule has 2 rings (SSSR count). The van der Waals surface area contributed by atoms with E-state index in [2.05, 4.69) is 20.8 Å². The number of amides is 2. The number of aliphatic hydroxyl groups excluding tert-OH is 1. The summed E-state index contributed by atoms with van der Waals surface area (Å²) in [6.45, 7) is 3.40. The van der Waals surface area contributed by atoms with E-state index in [9.17, 15) is 9.18 Å². The predicted octanol–water partition coefficient (Wildman–Crippen LogP) is 2.01. The molecule has 2 aromatic rings. The van der Waals surface area contributed by atoms with Gasteiger partial charge >= 0.3 is 6.03 Å². The zero-order valence-corrected chi connectivity index (χ0v) is 12.9. The summed E-state index contributed by atoms with van der Waals surface area (Å²) in [4.78, 5) is 16.0. The first-order valence-electron chi connectivity index (χ1n) is 7.31. The number of halogens is 1. The molecule has 1 aromatic heterocycles. The molecule has 0 spiro atoms. The fraction of sp³-hybridized carbons (Fsp3) is 0.400. The average Bonchev–Trinajstić information content (AvgIpc) is 3.02. The lowest BCUT2D eigenvalue weighted by atomic mass is 10.2. The molecule has 0 fully saturated rings. The van der Waals surface area contributed by atoms with Gasteiger partial charge < -0.3 is 20.3 Å². The maximum atomic E-state index is 13.2. The molecule has 2 unspecified atom stereocenters. The summed E-state index contributed by atoms with van der Waals surface area (Å²) in [6.07, 6.45) is 0.614. The van der Waals surface area contributed by atoms with Crippen LogP contribution in [0.25, 0.3) is 11.4 Å². The normalized spacial score (nSPS) is 13.4. The summed E-state index contributed by atoms with van der Waals surface area (Å²) in [6, 6.07) is 4.56. The largest absolute Gasteiger partial charge is 0.394 e. The molecule has 7 nitrogen and oxygen atoms in total. The van der Waals surface area contributed by atoms with Gasteiger partial charge in [0.15, 0.2) is 0 Å². The number of benzene rings is 1. The van der Waals surface area contributed by atoms with Crippen LogP contribution in [-0.2, 0) is 0 Å². The smallest absolute Gasteiger partial charge is 0.315 e. The Morgan fingerprint density at radius 2 is 2.22 bits per heavy atom. The number of hydrogen-bond donors (Lipinski definition) is 3. The molecule has 1 heterocycles. The third kappa shape index (κ3) is 4.49. The van der Waals surface area contributed by atoms with Crippen LogP contribution in [-0.4, -0.2) is 33.9 Å². The van der Waals surface area contributed by atoms with Gasteiger partial charge in [-0.15, -0.1) is 0 Å². The molecular weight excluding hydrogens is 303 g/mol. The second-order valence-corrected chi connectivity index (χ2v) is 5.09. The molecule has 2 amide bonds. The van der Waals surface area contributed by atoms with Crippen LogP contribution in [0, 0.1) is 5.82 Å². The van der Waals surface area contributed by atoms with Gasteiger partial charge in [-0.25, -0.2) is 9.18 Å². The van der Waals surface area contributed by atoms with Crippen molar-refractivity contribution in [2.75, 3.05) is 6.61 Å². The van der Waals surface area contributed by atoms with Gasteiger partial charge in [0.1, 0.15) is 11.9 Å². The average molecular weight is 322 g/mol. The van der Waals surface area contributed by atoms with E-state index in [1.54, 1.807) is 19.1 Å². The van der Waals surface area contributed by atoms with Crippen molar-refractivity contribution in [2.45, 2.75) is 32.4 Å². The molecule has 0 saturated carbocycles. The summed E-state index contributed by atoms with van der Waals surface area (Å²) in [7, 11) is 0. The van der Waals surface area contributed by atoms with Crippen LogP contribution < -0.4 is 10.6 Å². The Hall–Kier alpha value is -2.48. The molecule has 8 heteroatoms. The third-order valence-corrected chi connectivity index (χ3v) is 3.29. The SMILES string of the molecule is CCC(CO)NC(=O)NC(C)c1nc(-c2cccc(F)c2)no1. The van der Waals surface area contributed by atoms with Crippen molar-refractivity contribution in [3.8, 4) is 11.4 Å². The van der Waals surface area contributed by atoms with Crippen molar-refractivity contribution in [3.63, 3.8) is 0 Å². The molecule has 0 aliphatic carbocycles. The zero-order valence-electron chi connectivity index (χ0n) is 12.9. The van der Waals surface area contributed by atoms with Crippen molar-refractivity contribution < 1.29 is 18.8 Å². The summed E-state index contributed by atoms with van der Waals surface area (Å²) in [5, 5.41) is 18.1. The second kappa shape index (κ2) is 7.68. The van der Waals surface area contributed by atoms with Crippen LogP contribution in [0.3, 0.4) is 0 Å². The van der Waals surface area contributed by atoms with Crippen LogP contribution in [0.5, 0.6) is 0 Å². The fourth-order valence-corrected chi connectivity index (χ4v) is 1.92. The number of nitrogens with one attached hydrogen (secondary N) is 2. The molecule has 0 aliphatic heterocycles. The number of hydrogen-bond acceptors (Lipinski definition) is 5. The number of carbonyl (C=O) groups is 1. The van der Waals surface area contributed by atoms with E-state index in [0.29, 0.717) is 12.0 Å². The van der Waals surface area contributed by atoms with Crippen molar-refractivity contribution in [1.82, 2.24) is 20.8 Å². The molecule has 124 valence electrons. The molecule has 0 radical (unpaired) electrons. The van der Waals surface area contributed by atoms with Crippen LogP contribution in [0.4, 0.5) is 9.18 Å². The minimum atomic E-state index is -0.527. The molecule has 0 aliphatic rings. The number of carbonyl (C=O) groups excluding carboxylic acids is 1. The number of urea groups is 1. The van der Waals surface area contributed by atoms with Gasteiger partial charge in [0.25, 0.3) is 0 Å².